The van der Waals surface area contributed by atoms with Crippen molar-refractivity contribution in [3.63, 3.8) is 0 Å². The van der Waals surface area contributed by atoms with Crippen molar-refractivity contribution in [3.8, 4) is 0 Å². The van der Waals surface area contributed by atoms with Crippen LogP contribution in [0.15, 0.2) is 23.3 Å². The van der Waals surface area contributed by atoms with Crippen molar-refractivity contribution in [3.05, 3.63) is 34.2 Å². The third kappa shape index (κ3) is 3.50. The van der Waals surface area contributed by atoms with E-state index in [4.69, 9.17) is 0 Å². The molecule has 1 aliphatic rings. The van der Waals surface area contributed by atoms with Gasteiger partial charge in [-0.3, -0.25) is 9.59 Å². The summed E-state index contributed by atoms with van der Waals surface area (Å²) in [5, 5.41) is 0. The molecule has 0 aliphatic heterocycles. The van der Waals surface area contributed by atoms with E-state index in [9.17, 15) is 9.59 Å². The number of aromatic amines is 1. The van der Waals surface area contributed by atoms with Crippen molar-refractivity contribution >= 4 is 5.91 Å². The summed E-state index contributed by atoms with van der Waals surface area (Å²) < 4.78 is 0. The lowest BCUT2D eigenvalue weighted by atomic mass is 10.1. The van der Waals surface area contributed by atoms with Crippen molar-refractivity contribution in [1.29, 1.82) is 0 Å². The van der Waals surface area contributed by atoms with E-state index < -0.39 is 0 Å². The van der Waals surface area contributed by atoms with E-state index >= 15 is 0 Å². The third-order valence-electron chi connectivity index (χ3n) is 4.03. The van der Waals surface area contributed by atoms with Crippen molar-refractivity contribution in [2.45, 2.75) is 52.0 Å². The Bertz CT molecular complexity index is 501. The summed E-state index contributed by atoms with van der Waals surface area (Å²) in [6.07, 6.45) is 8.56. The number of rotatable bonds is 5. The van der Waals surface area contributed by atoms with Crippen LogP contribution in [0, 0.1) is 5.92 Å². The normalized spacial score (nSPS) is 15.8. The molecular weight excluding hydrogens is 252 g/mol. The monoisotopic (exact) mass is 276 g/mol. The maximum atomic E-state index is 12.7. The molecule has 1 aliphatic carbocycles. The first kappa shape index (κ1) is 14.8. The molecule has 0 aromatic carbocycles. The zero-order chi connectivity index (χ0) is 14.5. The summed E-state index contributed by atoms with van der Waals surface area (Å²) in [6, 6.07) is 1.73. The molecule has 0 bridgehead atoms. The highest BCUT2D eigenvalue weighted by Crippen LogP contribution is 2.25. The van der Waals surface area contributed by atoms with Crippen LogP contribution in [-0.4, -0.2) is 28.4 Å². The summed E-state index contributed by atoms with van der Waals surface area (Å²) >= 11 is 0. The largest absolute Gasteiger partial charge is 0.367 e. The molecule has 110 valence electrons. The van der Waals surface area contributed by atoms with Crippen LogP contribution >= 0.6 is 0 Å². The Morgan fingerprint density at radius 2 is 2.10 bits per heavy atom. The van der Waals surface area contributed by atoms with Gasteiger partial charge in [0.15, 0.2) is 5.43 Å². The first-order valence-corrected chi connectivity index (χ1v) is 7.57. The number of hydrogen-bond donors (Lipinski definition) is 1. The zero-order valence-corrected chi connectivity index (χ0v) is 12.4. The molecule has 1 saturated carbocycles. The molecule has 1 fully saturated rings. The van der Waals surface area contributed by atoms with E-state index in [0.717, 1.165) is 25.8 Å². The molecule has 2 rings (SSSR count). The molecule has 1 heterocycles. The second kappa shape index (κ2) is 6.73. The number of amides is 1. The fourth-order valence-corrected chi connectivity index (χ4v) is 2.80. The molecule has 0 unspecified atom stereocenters. The Labute approximate surface area is 120 Å². The molecule has 4 nitrogen and oxygen atoms in total. The van der Waals surface area contributed by atoms with Gasteiger partial charge in [0.2, 0.25) is 0 Å². The van der Waals surface area contributed by atoms with E-state index in [1.54, 1.807) is 6.20 Å². The van der Waals surface area contributed by atoms with E-state index in [0.29, 0.717) is 12.0 Å². The van der Waals surface area contributed by atoms with Gasteiger partial charge in [-0.2, -0.15) is 0 Å². The SMILES string of the molecule is CC(C)CCN(C(=O)c1c[nH]ccc1=O)C1CCCC1. The lowest BCUT2D eigenvalue weighted by Gasteiger charge is -2.29. The van der Waals surface area contributed by atoms with E-state index in [1.807, 2.05) is 4.90 Å². The second-order valence-corrected chi connectivity index (χ2v) is 6.04. The number of nitrogens with one attached hydrogen (secondary N) is 1. The average molecular weight is 276 g/mol. The zero-order valence-electron chi connectivity index (χ0n) is 12.4. The van der Waals surface area contributed by atoms with Gasteiger partial charge in [0.1, 0.15) is 5.56 Å². The molecule has 1 N–H and O–H groups in total. The number of H-pyrrole nitrogens is 1. The maximum Gasteiger partial charge on any atom is 0.259 e. The van der Waals surface area contributed by atoms with Crippen LogP contribution < -0.4 is 5.43 Å². The summed E-state index contributed by atoms with van der Waals surface area (Å²) in [5.41, 5.74) is 0.0736. The highest BCUT2D eigenvalue weighted by molar-refractivity contribution is 5.94. The lowest BCUT2D eigenvalue weighted by Crippen LogP contribution is -2.41. The molecule has 1 aromatic rings. The number of hydrogen-bond acceptors (Lipinski definition) is 2. The van der Waals surface area contributed by atoms with E-state index in [-0.39, 0.29) is 16.9 Å². The number of nitrogens with zero attached hydrogens (tertiary/aromatic N) is 1. The number of pyridine rings is 1. The Kier molecular flexibility index (Phi) is 4.99. The lowest BCUT2D eigenvalue weighted by molar-refractivity contribution is 0.0670. The molecular formula is C16H24N2O2. The number of aromatic nitrogens is 1. The second-order valence-electron chi connectivity index (χ2n) is 6.04. The smallest absolute Gasteiger partial charge is 0.259 e. The van der Waals surface area contributed by atoms with Crippen LogP contribution in [0.3, 0.4) is 0 Å². The Morgan fingerprint density at radius 1 is 1.40 bits per heavy atom. The first-order chi connectivity index (χ1) is 9.59. The van der Waals surface area contributed by atoms with Gasteiger partial charge in [-0.15, -0.1) is 0 Å². The van der Waals surface area contributed by atoms with Gasteiger partial charge in [-0.1, -0.05) is 26.7 Å². The van der Waals surface area contributed by atoms with Gasteiger partial charge in [-0.05, 0) is 25.2 Å². The number of carbonyl (C=O) groups is 1. The molecule has 1 aromatic heterocycles. The van der Waals surface area contributed by atoms with Gasteiger partial charge >= 0.3 is 0 Å². The van der Waals surface area contributed by atoms with Crippen molar-refractivity contribution in [2.75, 3.05) is 6.54 Å². The molecule has 4 heteroatoms. The van der Waals surface area contributed by atoms with Gasteiger partial charge in [0, 0.05) is 31.0 Å². The highest BCUT2D eigenvalue weighted by atomic mass is 16.2. The predicted octanol–water partition coefficient (Wildman–Crippen LogP) is 2.81. The maximum absolute atomic E-state index is 12.7. The molecule has 0 radical (unpaired) electrons. The summed E-state index contributed by atoms with van der Waals surface area (Å²) in [6.45, 7) is 5.06. The third-order valence-corrected chi connectivity index (χ3v) is 4.03. The molecule has 0 saturated heterocycles. The van der Waals surface area contributed by atoms with Crippen LogP contribution in [0.1, 0.15) is 56.3 Å². The first-order valence-electron chi connectivity index (χ1n) is 7.57. The van der Waals surface area contributed by atoms with Crippen LogP contribution in [0.25, 0.3) is 0 Å². The van der Waals surface area contributed by atoms with Gasteiger partial charge in [-0.25, -0.2) is 0 Å². The minimum absolute atomic E-state index is 0.112. The Balaban J connectivity index is 2.18. The van der Waals surface area contributed by atoms with Crippen LogP contribution in [0.4, 0.5) is 0 Å². The summed E-state index contributed by atoms with van der Waals surface area (Å²) in [5.74, 6) is 0.445. The standard InChI is InChI=1S/C16H24N2O2/c1-12(2)8-10-18(13-5-3-4-6-13)16(20)14-11-17-9-7-15(14)19/h7,9,11-13H,3-6,8,10H2,1-2H3,(H,17,19). The van der Waals surface area contributed by atoms with Crippen LogP contribution in [0.5, 0.6) is 0 Å². The van der Waals surface area contributed by atoms with Crippen molar-refractivity contribution < 1.29 is 4.79 Å². The Hall–Kier alpha value is -1.58. The van der Waals surface area contributed by atoms with Crippen LogP contribution in [-0.2, 0) is 0 Å². The van der Waals surface area contributed by atoms with E-state index in [1.165, 1.54) is 25.1 Å². The average Bonchev–Trinajstić information content (AvgIpc) is 2.93. The van der Waals surface area contributed by atoms with Crippen LogP contribution in [0.2, 0.25) is 0 Å². The van der Waals surface area contributed by atoms with Gasteiger partial charge in [0.25, 0.3) is 5.91 Å². The molecule has 20 heavy (non-hydrogen) atoms. The van der Waals surface area contributed by atoms with E-state index in [2.05, 4.69) is 18.8 Å². The van der Waals surface area contributed by atoms with Crippen molar-refractivity contribution in [2.24, 2.45) is 5.92 Å². The van der Waals surface area contributed by atoms with Crippen molar-refractivity contribution in [1.82, 2.24) is 9.88 Å². The fourth-order valence-electron chi connectivity index (χ4n) is 2.80. The predicted molar refractivity (Wildman–Crippen MR) is 79.8 cm³/mol. The topological polar surface area (TPSA) is 53.2 Å². The highest BCUT2D eigenvalue weighted by Gasteiger charge is 2.28. The summed E-state index contributed by atoms with van der Waals surface area (Å²) in [4.78, 5) is 29.3. The number of carbonyl (C=O) groups excluding carboxylic acids is 1. The minimum atomic E-state index is -0.193. The minimum Gasteiger partial charge on any atom is -0.367 e. The molecule has 0 atom stereocenters. The fraction of sp³-hybridized carbons (Fsp3) is 0.625. The molecule has 1 amide bonds. The Morgan fingerprint density at radius 3 is 2.70 bits per heavy atom. The molecule has 0 spiro atoms. The van der Waals surface area contributed by atoms with Gasteiger partial charge < -0.3 is 9.88 Å². The van der Waals surface area contributed by atoms with Gasteiger partial charge in [0.05, 0.1) is 0 Å². The summed E-state index contributed by atoms with van der Waals surface area (Å²) in [7, 11) is 0. The quantitative estimate of drug-likeness (QED) is 0.899.